The minimum Gasteiger partial charge on any atom is -0.432 e. The van der Waals surface area contributed by atoms with Crippen LogP contribution in [-0.2, 0) is 42.7 Å². The maximum absolute atomic E-state index is 15.4. The Bertz CT molecular complexity index is 2100. The van der Waals surface area contributed by atoms with Crippen LogP contribution in [0.5, 0.6) is 0 Å². The Balaban J connectivity index is 0.931. The molecule has 0 unspecified atom stereocenters. The summed E-state index contributed by atoms with van der Waals surface area (Å²) in [6.45, 7) is 16.4. The number of carbonyl (C=O) groups is 1. The molecule has 0 aromatic rings. The predicted octanol–water partition coefficient (Wildman–Crippen LogP) is -1.40. The van der Waals surface area contributed by atoms with Gasteiger partial charge in [0.15, 0.2) is 25.0 Å². The highest BCUT2D eigenvalue weighted by atomic mass is 16.8. The van der Waals surface area contributed by atoms with Crippen LogP contribution in [0.3, 0.4) is 0 Å². The first kappa shape index (κ1) is 58.1. The molecule has 8 fully saturated rings. The first-order chi connectivity index (χ1) is 34.9. The minimum absolute atomic E-state index is 0.000548. The van der Waals surface area contributed by atoms with Gasteiger partial charge in [-0.3, -0.25) is 4.79 Å². The van der Waals surface area contributed by atoms with E-state index < -0.39 is 181 Å². The number of aliphatic hydroxyl groups is 13. The third-order valence-corrected chi connectivity index (χ3v) is 21.0. The summed E-state index contributed by atoms with van der Waals surface area (Å²) in [5, 5.41) is 145. The SMILES string of the molecule is C[C@@H]1O[C@@H](O[C@@H]2[C@@H](O)[C@H](O[C@@H]3[C@@H](O)[C@@H](O)[C@H](O[C@H]4[C@H](OC(=O)[C@]56CCC(C)(C)C[C@H]5C5=CC[C@@H]7[C@@]8(C)C[C@H](O)[C@H](O)[C@@](C)(CO)[C@@H]8CC[C@@]7(C)[C@]5(C)C[C@H]6O)O[C@H](C)[C@H](O)[C@@H]4O)O[C@H]3C)OC[C@H]2O)[C@H](O)[C@H](O)[C@H]1O. The van der Waals surface area contributed by atoms with E-state index in [1.54, 1.807) is 0 Å². The molecule has 4 heterocycles. The minimum atomic E-state index is -1.95. The molecular weight excluding hydrogens is 989 g/mol. The van der Waals surface area contributed by atoms with E-state index in [9.17, 15) is 66.4 Å². The quantitative estimate of drug-likeness (QED) is 0.0933. The van der Waals surface area contributed by atoms with Gasteiger partial charge in [0.2, 0.25) is 6.29 Å². The second kappa shape index (κ2) is 20.4. The van der Waals surface area contributed by atoms with Crippen LogP contribution in [0.15, 0.2) is 11.6 Å². The van der Waals surface area contributed by atoms with Crippen LogP contribution in [0.25, 0.3) is 0 Å². The van der Waals surface area contributed by atoms with Crippen LogP contribution >= 0.6 is 0 Å². The van der Waals surface area contributed by atoms with E-state index in [2.05, 4.69) is 40.7 Å². The molecule has 30 atom stereocenters. The fraction of sp³-hybridized carbons (Fsp3) is 0.943. The molecule has 430 valence electrons. The Labute approximate surface area is 437 Å². The smallest absolute Gasteiger partial charge is 0.317 e. The monoisotopic (exact) mass is 1070 g/mol. The van der Waals surface area contributed by atoms with Crippen LogP contribution in [0, 0.1) is 50.2 Å². The summed E-state index contributed by atoms with van der Waals surface area (Å²) in [5.74, 6) is -1.38. The summed E-state index contributed by atoms with van der Waals surface area (Å²) in [6.07, 6.45) is -27.2. The Kier molecular flexibility index (Phi) is 15.8. The molecule has 0 spiro atoms. The molecule has 0 amide bonds. The molecule has 9 aliphatic rings. The lowest BCUT2D eigenvalue weighted by Crippen LogP contribution is -2.70. The number of rotatable bonds is 9. The van der Waals surface area contributed by atoms with Crippen molar-refractivity contribution in [1.82, 2.24) is 0 Å². The molecule has 4 saturated carbocycles. The topological polar surface area (TPSA) is 354 Å². The van der Waals surface area contributed by atoms with E-state index in [1.165, 1.54) is 20.8 Å². The van der Waals surface area contributed by atoms with E-state index in [1.807, 2.05) is 6.92 Å². The largest absolute Gasteiger partial charge is 0.432 e. The Morgan fingerprint density at radius 1 is 0.600 bits per heavy atom. The third-order valence-electron chi connectivity index (χ3n) is 21.0. The zero-order valence-electron chi connectivity index (χ0n) is 44.6. The van der Waals surface area contributed by atoms with Crippen molar-refractivity contribution in [3.8, 4) is 0 Å². The summed E-state index contributed by atoms with van der Waals surface area (Å²) in [4.78, 5) is 15.4. The number of fused-ring (bicyclic) bond motifs is 7. The van der Waals surface area contributed by atoms with E-state index in [0.717, 1.165) is 12.0 Å². The van der Waals surface area contributed by atoms with Crippen molar-refractivity contribution in [2.75, 3.05) is 13.2 Å². The van der Waals surface area contributed by atoms with Crippen LogP contribution < -0.4 is 0 Å². The highest BCUT2D eigenvalue weighted by molar-refractivity contribution is 5.80. The fourth-order valence-corrected chi connectivity index (χ4v) is 16.3. The number of hydrogen-bond acceptors (Lipinski definition) is 22. The zero-order chi connectivity index (χ0) is 55.0. The summed E-state index contributed by atoms with van der Waals surface area (Å²) < 4.78 is 47.2. The number of carbonyl (C=O) groups excluding carboxylic acids is 1. The lowest BCUT2D eigenvalue weighted by Gasteiger charge is -2.72. The van der Waals surface area contributed by atoms with Crippen LogP contribution in [0.4, 0.5) is 0 Å². The molecule has 0 aromatic heterocycles. The van der Waals surface area contributed by atoms with Gasteiger partial charge in [0.1, 0.15) is 72.6 Å². The molecular formula is C53H86O22. The Hall–Kier alpha value is -1.59. The van der Waals surface area contributed by atoms with Gasteiger partial charge in [-0.1, -0.05) is 53.2 Å². The molecule has 22 heteroatoms. The van der Waals surface area contributed by atoms with Gasteiger partial charge in [-0.25, -0.2) is 0 Å². The van der Waals surface area contributed by atoms with Gasteiger partial charge in [-0.05, 0) is 112 Å². The maximum atomic E-state index is 15.4. The van der Waals surface area contributed by atoms with Crippen LogP contribution in [-0.4, -0.2) is 221 Å². The van der Waals surface area contributed by atoms with Gasteiger partial charge in [-0.15, -0.1) is 0 Å². The number of esters is 1. The predicted molar refractivity (Wildman–Crippen MR) is 257 cm³/mol. The van der Waals surface area contributed by atoms with Crippen LogP contribution in [0.2, 0.25) is 0 Å². The summed E-state index contributed by atoms with van der Waals surface area (Å²) in [6, 6.07) is 0. The molecule has 4 saturated heterocycles. The molecule has 9 rings (SSSR count). The van der Waals surface area contributed by atoms with Gasteiger partial charge in [0.05, 0.1) is 49.8 Å². The fourth-order valence-electron chi connectivity index (χ4n) is 16.3. The van der Waals surface area contributed by atoms with Gasteiger partial charge in [0, 0.05) is 5.41 Å². The number of ether oxygens (including phenoxy) is 8. The highest BCUT2D eigenvalue weighted by Crippen LogP contribution is 2.76. The van der Waals surface area contributed by atoms with Crippen molar-refractivity contribution in [2.24, 2.45) is 50.2 Å². The maximum Gasteiger partial charge on any atom is 0.317 e. The van der Waals surface area contributed by atoms with Gasteiger partial charge in [-0.2, -0.15) is 0 Å². The van der Waals surface area contributed by atoms with Gasteiger partial charge in [0.25, 0.3) is 0 Å². The van der Waals surface area contributed by atoms with E-state index >= 15 is 4.79 Å². The van der Waals surface area contributed by atoms with Crippen molar-refractivity contribution in [3.63, 3.8) is 0 Å². The number of hydrogen-bond donors (Lipinski definition) is 13. The molecule has 0 radical (unpaired) electrons. The Morgan fingerprint density at radius 2 is 1.17 bits per heavy atom. The van der Waals surface area contributed by atoms with Crippen molar-refractivity contribution in [3.05, 3.63) is 11.6 Å². The van der Waals surface area contributed by atoms with E-state index in [4.69, 9.17) is 37.9 Å². The number of aliphatic hydroxyl groups excluding tert-OH is 13. The van der Waals surface area contributed by atoms with E-state index in [0.29, 0.717) is 32.1 Å². The van der Waals surface area contributed by atoms with Crippen molar-refractivity contribution in [2.45, 2.75) is 249 Å². The van der Waals surface area contributed by atoms with Crippen LogP contribution in [0.1, 0.15) is 114 Å². The molecule has 5 aliphatic carbocycles. The molecule has 75 heavy (non-hydrogen) atoms. The second-order valence-electron chi connectivity index (χ2n) is 25.9. The van der Waals surface area contributed by atoms with Gasteiger partial charge >= 0.3 is 5.97 Å². The first-order valence-corrected chi connectivity index (χ1v) is 27.2. The molecule has 22 nitrogen and oxygen atoms in total. The van der Waals surface area contributed by atoms with Crippen molar-refractivity contribution in [1.29, 1.82) is 0 Å². The second-order valence-corrected chi connectivity index (χ2v) is 25.9. The van der Waals surface area contributed by atoms with Gasteiger partial charge < -0.3 is 104 Å². The summed E-state index contributed by atoms with van der Waals surface area (Å²) in [5.41, 5.74) is -3.14. The third kappa shape index (κ3) is 9.12. The normalized spacial score (nSPS) is 56.8. The lowest BCUT2D eigenvalue weighted by atomic mass is 9.33. The van der Waals surface area contributed by atoms with E-state index in [-0.39, 0.29) is 36.7 Å². The molecule has 0 bridgehead atoms. The summed E-state index contributed by atoms with van der Waals surface area (Å²) >= 11 is 0. The number of allylic oxidation sites excluding steroid dienone is 2. The lowest BCUT2D eigenvalue weighted by molar-refractivity contribution is -0.380. The molecule has 13 N–H and O–H groups in total. The molecule has 0 aromatic carbocycles. The average Bonchev–Trinajstić information content (AvgIpc) is 3.34. The van der Waals surface area contributed by atoms with Crippen molar-refractivity contribution >= 4 is 5.97 Å². The zero-order valence-corrected chi connectivity index (χ0v) is 44.6. The first-order valence-electron chi connectivity index (χ1n) is 27.2. The van der Waals surface area contributed by atoms with Crippen molar-refractivity contribution < 1.29 is 109 Å². The standard InChI is InChI=1S/C53H86O22/c1-21-31(58)33(60)36(63)44(69-21)73-40-27(56)19-68-43(38(40)65)72-39-23(3)71-45(37(64)35(39)62)74-41-34(61)32(59)22(2)70-46(41)75-47(67)53-15-14-48(4,5)16-25(53)24-10-11-29-49(6)17-26(55)42(66)50(7,20-54)28(49)12-13-51(29,8)52(24,9)18-30(53)57/h10,21-23,25-46,54-66H,11-20H2,1-9H3/t21-,22+,23-,25-,26-,27+,28+,29+,30+,31-,32-,33+,34-,35-,36+,37+,38+,39-,40-,41+,42-,43-,44-,45-,46-,49-,50-,51+,52+,53+/m0/s1. The highest BCUT2D eigenvalue weighted by Gasteiger charge is 2.73. The molecule has 4 aliphatic heterocycles. The Morgan fingerprint density at radius 3 is 1.83 bits per heavy atom. The summed E-state index contributed by atoms with van der Waals surface area (Å²) in [7, 11) is 0. The average molecular weight is 1080 g/mol.